The SMILES string of the molecule is Cc1nn(CCOCCC(=O)N2CCN(c3ncc(Cl)cn3)CC2)c2cn[nH]c(=O)c12. The highest BCUT2D eigenvalue weighted by Gasteiger charge is 2.22. The molecule has 3 aromatic heterocycles. The molecule has 0 bridgehead atoms. The molecule has 11 nitrogen and oxygen atoms in total. The number of hydrogen-bond acceptors (Lipinski definition) is 8. The Bertz CT molecular complexity index is 1110. The number of halogens is 1. The lowest BCUT2D eigenvalue weighted by Crippen LogP contribution is -2.49. The van der Waals surface area contributed by atoms with Gasteiger partial charge >= 0.3 is 0 Å². The van der Waals surface area contributed by atoms with Crippen molar-refractivity contribution in [2.75, 3.05) is 44.3 Å². The van der Waals surface area contributed by atoms with Crippen molar-refractivity contribution in [3.63, 3.8) is 0 Å². The maximum atomic E-state index is 12.4. The molecule has 0 radical (unpaired) electrons. The molecule has 1 N–H and O–H groups in total. The number of anilines is 1. The second-order valence-electron chi connectivity index (χ2n) is 7.20. The highest BCUT2D eigenvalue weighted by Crippen LogP contribution is 2.14. The summed E-state index contributed by atoms with van der Waals surface area (Å²) in [6, 6.07) is 0. The summed E-state index contributed by atoms with van der Waals surface area (Å²) in [5.41, 5.74) is 1.07. The van der Waals surface area contributed by atoms with Gasteiger partial charge in [-0.25, -0.2) is 15.1 Å². The first-order valence-electron chi connectivity index (χ1n) is 10.0. The van der Waals surface area contributed by atoms with E-state index in [0.717, 1.165) is 0 Å². The van der Waals surface area contributed by atoms with Crippen molar-refractivity contribution >= 4 is 34.4 Å². The lowest BCUT2D eigenvalue weighted by Gasteiger charge is -2.34. The van der Waals surface area contributed by atoms with Crippen LogP contribution in [-0.2, 0) is 16.1 Å². The Labute approximate surface area is 183 Å². The van der Waals surface area contributed by atoms with Gasteiger partial charge in [0.2, 0.25) is 11.9 Å². The van der Waals surface area contributed by atoms with E-state index < -0.39 is 0 Å². The number of amides is 1. The van der Waals surface area contributed by atoms with Gasteiger partial charge in [0, 0.05) is 26.2 Å². The van der Waals surface area contributed by atoms with Crippen molar-refractivity contribution < 1.29 is 9.53 Å². The lowest BCUT2D eigenvalue weighted by molar-refractivity contribution is -0.132. The van der Waals surface area contributed by atoms with Crippen molar-refractivity contribution in [1.29, 1.82) is 0 Å². The Kier molecular flexibility index (Phi) is 6.42. The van der Waals surface area contributed by atoms with E-state index in [9.17, 15) is 9.59 Å². The average molecular weight is 447 g/mol. The highest BCUT2D eigenvalue weighted by molar-refractivity contribution is 6.30. The standard InChI is InChI=1S/C19H23ClN8O3/c1-13-17-15(12-23-24-18(17)30)28(25-13)7-9-31-8-2-16(29)26-3-5-27(6-4-26)19-21-10-14(20)11-22-19/h10-12H,2-9H2,1H3,(H,24,30). The number of nitrogens with one attached hydrogen (secondary N) is 1. The summed E-state index contributed by atoms with van der Waals surface area (Å²) in [7, 11) is 0. The largest absolute Gasteiger partial charge is 0.379 e. The van der Waals surface area contributed by atoms with Crippen molar-refractivity contribution in [2.24, 2.45) is 0 Å². The van der Waals surface area contributed by atoms with Crippen LogP contribution in [0.4, 0.5) is 5.95 Å². The second kappa shape index (κ2) is 9.40. The van der Waals surface area contributed by atoms with E-state index in [4.69, 9.17) is 16.3 Å². The summed E-state index contributed by atoms with van der Waals surface area (Å²) in [5, 5.41) is 11.7. The third-order valence-corrected chi connectivity index (χ3v) is 5.37. The van der Waals surface area contributed by atoms with Gasteiger partial charge in [0.1, 0.15) is 0 Å². The minimum atomic E-state index is -0.254. The third-order valence-electron chi connectivity index (χ3n) is 5.18. The number of aromatic nitrogens is 6. The molecule has 0 unspecified atom stereocenters. The van der Waals surface area contributed by atoms with Crippen LogP contribution in [0, 0.1) is 6.92 Å². The van der Waals surface area contributed by atoms with Gasteiger partial charge in [-0.05, 0) is 6.92 Å². The molecule has 0 saturated carbocycles. The van der Waals surface area contributed by atoms with Gasteiger partial charge in [0.15, 0.2) is 0 Å². The van der Waals surface area contributed by atoms with Crippen LogP contribution in [0.1, 0.15) is 12.1 Å². The monoisotopic (exact) mass is 446 g/mol. The predicted octanol–water partition coefficient (Wildman–Crippen LogP) is 0.627. The predicted molar refractivity (Wildman–Crippen MR) is 114 cm³/mol. The van der Waals surface area contributed by atoms with Crippen LogP contribution in [0.2, 0.25) is 5.02 Å². The minimum Gasteiger partial charge on any atom is -0.379 e. The summed E-state index contributed by atoms with van der Waals surface area (Å²) < 4.78 is 7.33. The van der Waals surface area contributed by atoms with Crippen LogP contribution in [0.25, 0.3) is 10.9 Å². The van der Waals surface area contributed by atoms with Crippen molar-refractivity contribution in [3.8, 4) is 0 Å². The van der Waals surface area contributed by atoms with Gasteiger partial charge in [0.05, 0.1) is 66.4 Å². The molecule has 1 aliphatic rings. The van der Waals surface area contributed by atoms with Crippen LogP contribution in [0.3, 0.4) is 0 Å². The number of carbonyl (C=O) groups excluding carboxylic acids is 1. The maximum Gasteiger partial charge on any atom is 0.275 e. The number of ether oxygens (including phenoxy) is 1. The summed E-state index contributed by atoms with van der Waals surface area (Å²) in [6.45, 7) is 5.56. The van der Waals surface area contributed by atoms with Crippen LogP contribution in [0.15, 0.2) is 23.4 Å². The van der Waals surface area contributed by atoms with Crippen LogP contribution in [0.5, 0.6) is 0 Å². The Hall–Kier alpha value is -3.05. The molecule has 1 amide bonds. The number of H-pyrrole nitrogens is 1. The van der Waals surface area contributed by atoms with Gasteiger partial charge in [-0.2, -0.15) is 10.2 Å². The van der Waals surface area contributed by atoms with E-state index >= 15 is 0 Å². The zero-order valence-corrected chi connectivity index (χ0v) is 17.9. The van der Waals surface area contributed by atoms with Gasteiger partial charge in [-0.15, -0.1) is 0 Å². The molecule has 3 aromatic rings. The van der Waals surface area contributed by atoms with E-state index in [2.05, 4.69) is 25.3 Å². The Balaban J connectivity index is 1.19. The fourth-order valence-corrected chi connectivity index (χ4v) is 3.68. The molecule has 4 rings (SSSR count). The van der Waals surface area contributed by atoms with E-state index in [1.54, 1.807) is 30.2 Å². The Morgan fingerprint density at radius 1 is 1.16 bits per heavy atom. The lowest BCUT2D eigenvalue weighted by atomic mass is 10.3. The second-order valence-corrected chi connectivity index (χ2v) is 7.64. The van der Waals surface area contributed by atoms with Crippen LogP contribution in [-0.4, -0.2) is 80.1 Å². The summed E-state index contributed by atoms with van der Waals surface area (Å²) in [4.78, 5) is 36.6. The molecular formula is C19H23ClN8O3. The zero-order valence-electron chi connectivity index (χ0n) is 17.1. The molecule has 12 heteroatoms. The first-order valence-corrected chi connectivity index (χ1v) is 10.4. The number of carbonyl (C=O) groups is 1. The molecule has 0 aromatic carbocycles. The number of rotatable bonds is 7. The van der Waals surface area contributed by atoms with Crippen LogP contribution >= 0.6 is 11.6 Å². The number of aryl methyl sites for hydroxylation is 1. The molecule has 31 heavy (non-hydrogen) atoms. The van der Waals surface area contributed by atoms with E-state index in [1.165, 1.54) is 0 Å². The topological polar surface area (TPSA) is 122 Å². The van der Waals surface area contributed by atoms with E-state index in [1.807, 2.05) is 9.80 Å². The van der Waals surface area contributed by atoms with E-state index in [-0.39, 0.29) is 11.5 Å². The molecule has 4 heterocycles. The smallest absolute Gasteiger partial charge is 0.275 e. The van der Waals surface area contributed by atoms with Crippen molar-refractivity contribution in [3.05, 3.63) is 39.7 Å². The Morgan fingerprint density at radius 3 is 2.65 bits per heavy atom. The molecule has 164 valence electrons. The fraction of sp³-hybridized carbons (Fsp3) is 0.474. The van der Waals surface area contributed by atoms with Crippen molar-refractivity contribution in [1.82, 2.24) is 34.8 Å². The first kappa shape index (κ1) is 21.2. The number of hydrogen-bond donors (Lipinski definition) is 1. The summed E-state index contributed by atoms with van der Waals surface area (Å²) >= 11 is 5.82. The van der Waals surface area contributed by atoms with E-state index in [0.29, 0.717) is 79.9 Å². The molecule has 1 aliphatic heterocycles. The number of fused-ring (bicyclic) bond motifs is 1. The number of nitrogens with zero attached hydrogens (tertiary/aromatic N) is 7. The highest BCUT2D eigenvalue weighted by atomic mass is 35.5. The number of piperazine rings is 1. The Morgan fingerprint density at radius 2 is 1.90 bits per heavy atom. The molecule has 1 saturated heterocycles. The maximum absolute atomic E-state index is 12.4. The molecule has 0 atom stereocenters. The molecule has 0 aliphatic carbocycles. The normalized spacial score (nSPS) is 14.4. The molecule has 0 spiro atoms. The fourth-order valence-electron chi connectivity index (χ4n) is 3.58. The zero-order chi connectivity index (χ0) is 21.8. The average Bonchev–Trinajstić information content (AvgIpc) is 3.11. The summed E-state index contributed by atoms with van der Waals surface area (Å²) in [6.07, 6.45) is 5.04. The van der Waals surface area contributed by atoms with Gasteiger partial charge in [-0.3, -0.25) is 14.3 Å². The van der Waals surface area contributed by atoms with Gasteiger partial charge in [0.25, 0.3) is 5.56 Å². The molecular weight excluding hydrogens is 424 g/mol. The third kappa shape index (κ3) is 4.83. The molecule has 1 fully saturated rings. The van der Waals surface area contributed by atoms with Gasteiger partial charge < -0.3 is 14.5 Å². The first-order chi connectivity index (χ1) is 15.0. The van der Waals surface area contributed by atoms with Crippen LogP contribution < -0.4 is 10.5 Å². The summed E-state index contributed by atoms with van der Waals surface area (Å²) in [5.74, 6) is 0.686. The van der Waals surface area contributed by atoms with Gasteiger partial charge in [-0.1, -0.05) is 11.6 Å². The quantitative estimate of drug-likeness (QED) is 0.524. The number of aromatic amines is 1. The minimum absolute atomic E-state index is 0.0628. The van der Waals surface area contributed by atoms with Crippen molar-refractivity contribution in [2.45, 2.75) is 19.9 Å².